The first-order valence-corrected chi connectivity index (χ1v) is 6.31. The summed E-state index contributed by atoms with van der Waals surface area (Å²) in [5.41, 5.74) is 1.37. The van der Waals surface area contributed by atoms with Crippen molar-refractivity contribution in [3.63, 3.8) is 0 Å². The third-order valence-corrected chi connectivity index (χ3v) is 2.90. The second-order valence-electron chi connectivity index (χ2n) is 4.38. The maximum absolute atomic E-state index is 5.61. The first kappa shape index (κ1) is 12.1. The third kappa shape index (κ3) is 3.30. The van der Waals surface area contributed by atoms with E-state index in [2.05, 4.69) is 35.5 Å². The summed E-state index contributed by atoms with van der Waals surface area (Å²) in [6.07, 6.45) is 11.8. The van der Waals surface area contributed by atoms with E-state index >= 15 is 0 Å². The normalized spacial score (nSPS) is 16.9. The van der Waals surface area contributed by atoms with Crippen molar-refractivity contribution >= 4 is 0 Å². The third-order valence-electron chi connectivity index (χ3n) is 2.90. The molecule has 1 aromatic rings. The standard InChI is InChI=1S/C14H20N2O/c1-3-15-13(14-16-10-11(2)17-14)9-12-7-5-4-6-8-12/h5,7-8,10,13,15H,3-4,6,9H2,1-2H3/t13-/m0/s1. The molecule has 2 rings (SSSR count). The summed E-state index contributed by atoms with van der Waals surface area (Å²) < 4.78 is 5.61. The summed E-state index contributed by atoms with van der Waals surface area (Å²) in [5, 5.41) is 3.43. The molecular weight excluding hydrogens is 212 g/mol. The van der Waals surface area contributed by atoms with Gasteiger partial charge in [0.05, 0.1) is 12.2 Å². The molecule has 1 heterocycles. The van der Waals surface area contributed by atoms with Crippen molar-refractivity contribution in [3.05, 3.63) is 41.6 Å². The highest BCUT2D eigenvalue weighted by Crippen LogP contribution is 2.24. The van der Waals surface area contributed by atoms with Crippen molar-refractivity contribution in [1.29, 1.82) is 0 Å². The molecule has 0 amide bonds. The molecule has 0 saturated carbocycles. The van der Waals surface area contributed by atoms with Crippen LogP contribution in [0.1, 0.15) is 43.9 Å². The Bertz CT molecular complexity index is 418. The first-order valence-electron chi connectivity index (χ1n) is 6.31. The fraction of sp³-hybridized carbons (Fsp3) is 0.500. The van der Waals surface area contributed by atoms with E-state index < -0.39 is 0 Å². The Morgan fingerprint density at radius 3 is 2.94 bits per heavy atom. The maximum Gasteiger partial charge on any atom is 0.211 e. The Hall–Kier alpha value is -1.35. The molecule has 1 atom stereocenters. The topological polar surface area (TPSA) is 38.1 Å². The molecule has 0 spiro atoms. The van der Waals surface area contributed by atoms with Gasteiger partial charge in [0.15, 0.2) is 0 Å². The average molecular weight is 232 g/mol. The van der Waals surface area contributed by atoms with E-state index in [0.29, 0.717) is 0 Å². The molecule has 0 saturated heterocycles. The quantitative estimate of drug-likeness (QED) is 0.846. The molecule has 92 valence electrons. The smallest absolute Gasteiger partial charge is 0.211 e. The Labute approximate surface area is 103 Å². The summed E-state index contributed by atoms with van der Waals surface area (Å²) in [5.74, 6) is 1.67. The van der Waals surface area contributed by atoms with Crippen LogP contribution in [0.25, 0.3) is 0 Å². The molecule has 0 aliphatic heterocycles. The first-order chi connectivity index (χ1) is 8.29. The molecule has 0 fully saturated rings. The van der Waals surface area contributed by atoms with Gasteiger partial charge in [0.2, 0.25) is 5.89 Å². The molecule has 1 aliphatic carbocycles. The van der Waals surface area contributed by atoms with Gasteiger partial charge >= 0.3 is 0 Å². The van der Waals surface area contributed by atoms with E-state index in [9.17, 15) is 0 Å². The summed E-state index contributed by atoms with van der Waals surface area (Å²) >= 11 is 0. The van der Waals surface area contributed by atoms with Crippen LogP contribution in [0.2, 0.25) is 0 Å². The Morgan fingerprint density at radius 1 is 1.47 bits per heavy atom. The van der Waals surface area contributed by atoms with Crippen molar-refractivity contribution < 1.29 is 4.42 Å². The van der Waals surface area contributed by atoms with Gasteiger partial charge in [-0.1, -0.05) is 30.7 Å². The molecule has 1 N–H and O–H groups in total. The number of hydrogen-bond acceptors (Lipinski definition) is 3. The molecule has 1 aliphatic rings. The summed E-state index contributed by atoms with van der Waals surface area (Å²) in [7, 11) is 0. The molecule has 3 nitrogen and oxygen atoms in total. The zero-order valence-corrected chi connectivity index (χ0v) is 10.6. The number of aromatic nitrogens is 1. The van der Waals surface area contributed by atoms with Gasteiger partial charge < -0.3 is 9.73 Å². The number of oxazole rings is 1. The van der Waals surface area contributed by atoms with Gasteiger partial charge in [0.25, 0.3) is 0 Å². The predicted molar refractivity (Wildman–Crippen MR) is 68.7 cm³/mol. The van der Waals surface area contributed by atoms with Crippen LogP contribution in [-0.2, 0) is 0 Å². The fourth-order valence-electron chi connectivity index (χ4n) is 2.08. The lowest BCUT2D eigenvalue weighted by atomic mass is 10.00. The number of aryl methyl sites for hydroxylation is 1. The van der Waals surface area contributed by atoms with Crippen molar-refractivity contribution in [3.8, 4) is 0 Å². The summed E-state index contributed by atoms with van der Waals surface area (Å²) in [6, 6.07) is 0.183. The predicted octanol–water partition coefficient (Wildman–Crippen LogP) is 3.30. The van der Waals surface area contributed by atoms with Gasteiger partial charge in [-0.15, -0.1) is 0 Å². The summed E-state index contributed by atoms with van der Waals surface area (Å²) in [4.78, 5) is 4.32. The molecular formula is C14H20N2O. The maximum atomic E-state index is 5.61. The molecule has 3 heteroatoms. The highest BCUT2D eigenvalue weighted by atomic mass is 16.4. The Morgan fingerprint density at radius 2 is 2.35 bits per heavy atom. The molecule has 0 unspecified atom stereocenters. The molecule has 0 radical (unpaired) electrons. The van der Waals surface area contributed by atoms with Crippen LogP contribution in [0.5, 0.6) is 0 Å². The lowest BCUT2D eigenvalue weighted by Gasteiger charge is -2.16. The van der Waals surface area contributed by atoms with Crippen LogP contribution in [0.15, 0.2) is 34.4 Å². The number of rotatable bonds is 5. The van der Waals surface area contributed by atoms with Gasteiger partial charge in [-0.3, -0.25) is 0 Å². The van der Waals surface area contributed by atoms with Crippen molar-refractivity contribution in [2.24, 2.45) is 0 Å². The van der Waals surface area contributed by atoms with Crippen LogP contribution < -0.4 is 5.32 Å². The molecule has 1 aromatic heterocycles. The van der Waals surface area contributed by atoms with Crippen LogP contribution in [0, 0.1) is 6.92 Å². The Kier molecular flexibility index (Phi) is 4.15. The van der Waals surface area contributed by atoms with Crippen molar-refractivity contribution in [1.82, 2.24) is 10.3 Å². The second kappa shape index (κ2) is 5.82. The number of allylic oxidation sites excluding steroid dienone is 3. The zero-order valence-electron chi connectivity index (χ0n) is 10.6. The van der Waals surface area contributed by atoms with Gasteiger partial charge in [-0.2, -0.15) is 0 Å². The molecule has 0 aromatic carbocycles. The summed E-state index contributed by atoms with van der Waals surface area (Å²) in [6.45, 7) is 4.95. The molecule has 0 bridgehead atoms. The van der Waals surface area contributed by atoms with Crippen LogP contribution >= 0.6 is 0 Å². The molecule has 17 heavy (non-hydrogen) atoms. The highest BCUT2D eigenvalue weighted by molar-refractivity contribution is 5.23. The van der Waals surface area contributed by atoms with Crippen LogP contribution in [-0.4, -0.2) is 11.5 Å². The number of nitrogens with one attached hydrogen (secondary N) is 1. The largest absolute Gasteiger partial charge is 0.444 e. The van der Waals surface area contributed by atoms with E-state index in [4.69, 9.17) is 4.42 Å². The monoisotopic (exact) mass is 232 g/mol. The van der Waals surface area contributed by atoms with E-state index in [1.165, 1.54) is 5.57 Å². The lowest BCUT2D eigenvalue weighted by molar-refractivity contribution is 0.390. The van der Waals surface area contributed by atoms with Gasteiger partial charge in [0.1, 0.15) is 5.76 Å². The van der Waals surface area contributed by atoms with Gasteiger partial charge in [-0.05, 0) is 32.7 Å². The van der Waals surface area contributed by atoms with E-state index in [-0.39, 0.29) is 6.04 Å². The minimum Gasteiger partial charge on any atom is -0.444 e. The highest BCUT2D eigenvalue weighted by Gasteiger charge is 2.17. The van der Waals surface area contributed by atoms with E-state index in [1.807, 2.05) is 6.92 Å². The Balaban J connectivity index is 2.07. The van der Waals surface area contributed by atoms with Crippen LogP contribution in [0.4, 0.5) is 0 Å². The van der Waals surface area contributed by atoms with E-state index in [0.717, 1.165) is 37.5 Å². The minimum absolute atomic E-state index is 0.183. The average Bonchev–Trinajstić information content (AvgIpc) is 2.77. The fourth-order valence-corrected chi connectivity index (χ4v) is 2.08. The zero-order chi connectivity index (χ0) is 12.1. The van der Waals surface area contributed by atoms with E-state index in [1.54, 1.807) is 6.20 Å². The van der Waals surface area contributed by atoms with Crippen molar-refractivity contribution in [2.45, 2.75) is 39.2 Å². The van der Waals surface area contributed by atoms with Crippen LogP contribution in [0.3, 0.4) is 0 Å². The SMILES string of the molecule is CCN[C@@H](CC1=CCCC=C1)c1ncc(C)o1. The minimum atomic E-state index is 0.183. The lowest BCUT2D eigenvalue weighted by Crippen LogP contribution is -2.21. The van der Waals surface area contributed by atoms with Crippen molar-refractivity contribution in [2.75, 3.05) is 6.54 Å². The second-order valence-corrected chi connectivity index (χ2v) is 4.38. The van der Waals surface area contributed by atoms with Gasteiger partial charge in [0, 0.05) is 0 Å². The number of nitrogens with zero attached hydrogens (tertiary/aromatic N) is 1. The van der Waals surface area contributed by atoms with Gasteiger partial charge in [-0.25, -0.2) is 4.98 Å². The number of hydrogen-bond donors (Lipinski definition) is 1.